The fourth-order valence-electron chi connectivity index (χ4n) is 2.66. The summed E-state index contributed by atoms with van der Waals surface area (Å²) >= 11 is 0. The van der Waals surface area contributed by atoms with Gasteiger partial charge in [0, 0.05) is 18.9 Å². The van der Waals surface area contributed by atoms with Gasteiger partial charge in [0.25, 0.3) is 5.91 Å². The number of nitrogens with one attached hydrogen (secondary N) is 1. The Labute approximate surface area is 155 Å². The third-order valence-corrected chi connectivity index (χ3v) is 5.09. The highest BCUT2D eigenvalue weighted by molar-refractivity contribution is 7.92. The molecule has 1 heterocycles. The molecule has 0 spiro atoms. The maximum absolute atomic E-state index is 12.4. The summed E-state index contributed by atoms with van der Waals surface area (Å²) in [6.45, 7) is 6.46. The van der Waals surface area contributed by atoms with Gasteiger partial charge in [-0.1, -0.05) is 39.0 Å². The minimum absolute atomic E-state index is 0.151. The molecule has 1 aromatic carbocycles. The van der Waals surface area contributed by atoms with Crippen molar-refractivity contribution >= 4 is 21.6 Å². The number of rotatable bonds is 6. The lowest BCUT2D eigenvalue weighted by Gasteiger charge is -2.30. The Morgan fingerprint density at radius 1 is 1.15 bits per heavy atom. The van der Waals surface area contributed by atoms with E-state index < -0.39 is 10.0 Å². The van der Waals surface area contributed by atoms with Crippen LogP contribution in [0.1, 0.15) is 36.7 Å². The Bertz CT molecular complexity index is 859. The van der Waals surface area contributed by atoms with Crippen LogP contribution in [0.3, 0.4) is 0 Å². The smallest absolute Gasteiger partial charge is 0.252 e. The zero-order valence-electron chi connectivity index (χ0n) is 15.6. The lowest BCUT2D eigenvalue weighted by Crippen LogP contribution is -2.39. The van der Waals surface area contributed by atoms with Gasteiger partial charge in [0.1, 0.15) is 0 Å². The van der Waals surface area contributed by atoms with Gasteiger partial charge in [-0.05, 0) is 29.2 Å². The number of carbonyl (C=O) groups excluding carboxylic acids is 1. The minimum atomic E-state index is -3.49. The van der Waals surface area contributed by atoms with Crippen molar-refractivity contribution in [2.75, 3.05) is 23.7 Å². The van der Waals surface area contributed by atoms with Crippen molar-refractivity contribution in [3.8, 4) is 0 Å². The third-order valence-electron chi connectivity index (χ3n) is 3.91. The second-order valence-corrected chi connectivity index (χ2v) is 9.01. The van der Waals surface area contributed by atoms with Crippen molar-refractivity contribution in [3.05, 3.63) is 59.9 Å². The van der Waals surface area contributed by atoms with E-state index in [0.29, 0.717) is 11.3 Å². The molecule has 26 heavy (non-hydrogen) atoms. The summed E-state index contributed by atoms with van der Waals surface area (Å²) in [5.41, 5.74) is 1.80. The van der Waals surface area contributed by atoms with Crippen LogP contribution in [0.5, 0.6) is 0 Å². The molecule has 6 nitrogen and oxygen atoms in total. The molecule has 0 aliphatic rings. The molecular weight excluding hydrogens is 350 g/mol. The molecule has 7 heteroatoms. The number of anilines is 1. The Morgan fingerprint density at radius 2 is 1.85 bits per heavy atom. The molecule has 0 bridgehead atoms. The lowest BCUT2D eigenvalue weighted by atomic mass is 9.86. The number of hydrogen-bond acceptors (Lipinski definition) is 4. The molecular formula is C19H25N3O3S. The number of amides is 1. The van der Waals surface area contributed by atoms with Gasteiger partial charge in [-0.2, -0.15) is 0 Å². The Kier molecular flexibility index (Phi) is 6.02. The zero-order chi connectivity index (χ0) is 19.4. The largest absolute Gasteiger partial charge is 0.350 e. The van der Waals surface area contributed by atoms with Crippen LogP contribution < -0.4 is 9.62 Å². The predicted molar refractivity (Wildman–Crippen MR) is 104 cm³/mol. The van der Waals surface area contributed by atoms with Crippen LogP contribution in [0.4, 0.5) is 5.69 Å². The number of nitrogens with zero attached hydrogens (tertiary/aromatic N) is 2. The zero-order valence-corrected chi connectivity index (χ0v) is 16.4. The number of pyridine rings is 1. The van der Waals surface area contributed by atoms with Crippen LogP contribution in [0.15, 0.2) is 48.8 Å². The Hall–Kier alpha value is -2.41. The summed E-state index contributed by atoms with van der Waals surface area (Å²) in [6.07, 6.45) is 4.24. The first-order chi connectivity index (χ1) is 12.1. The molecule has 1 amide bonds. The second kappa shape index (κ2) is 7.86. The van der Waals surface area contributed by atoms with E-state index in [2.05, 4.69) is 10.3 Å². The molecule has 1 N–H and O–H groups in total. The van der Waals surface area contributed by atoms with Crippen LogP contribution in [-0.2, 0) is 15.4 Å². The predicted octanol–water partition coefficient (Wildman–Crippen LogP) is 2.58. The number of hydrogen-bond donors (Lipinski definition) is 1. The topological polar surface area (TPSA) is 79.4 Å². The number of aromatic nitrogens is 1. The summed E-state index contributed by atoms with van der Waals surface area (Å²) in [7, 11) is -3.49. The van der Waals surface area contributed by atoms with Gasteiger partial charge in [0.15, 0.2) is 0 Å². The van der Waals surface area contributed by atoms with Gasteiger partial charge in [0.05, 0.1) is 24.1 Å². The first-order valence-corrected chi connectivity index (χ1v) is 10.2. The van der Waals surface area contributed by atoms with Crippen molar-refractivity contribution in [1.29, 1.82) is 0 Å². The van der Waals surface area contributed by atoms with Crippen molar-refractivity contribution in [1.82, 2.24) is 10.3 Å². The van der Waals surface area contributed by atoms with Crippen LogP contribution in [-0.4, -0.2) is 38.7 Å². The highest BCUT2D eigenvalue weighted by Gasteiger charge is 2.25. The second-order valence-electron chi connectivity index (χ2n) is 7.10. The van der Waals surface area contributed by atoms with Gasteiger partial charge in [0.2, 0.25) is 10.0 Å². The van der Waals surface area contributed by atoms with Crippen LogP contribution in [0.25, 0.3) is 0 Å². The summed E-state index contributed by atoms with van der Waals surface area (Å²) < 4.78 is 26.1. The Morgan fingerprint density at radius 3 is 2.42 bits per heavy atom. The van der Waals surface area contributed by atoms with Gasteiger partial charge < -0.3 is 5.32 Å². The van der Waals surface area contributed by atoms with Gasteiger partial charge >= 0.3 is 0 Å². The van der Waals surface area contributed by atoms with Crippen molar-refractivity contribution in [2.24, 2.45) is 0 Å². The molecule has 0 saturated carbocycles. The van der Waals surface area contributed by atoms with Crippen LogP contribution >= 0.6 is 0 Å². The van der Waals surface area contributed by atoms with Gasteiger partial charge in [-0.15, -0.1) is 0 Å². The molecule has 0 saturated heterocycles. The maximum Gasteiger partial charge on any atom is 0.252 e. The molecule has 2 rings (SSSR count). The summed E-state index contributed by atoms with van der Waals surface area (Å²) in [4.78, 5) is 16.0. The summed E-state index contributed by atoms with van der Waals surface area (Å²) in [5, 5.41) is 2.74. The highest BCUT2D eigenvalue weighted by Crippen LogP contribution is 2.32. The van der Waals surface area contributed by atoms with Crippen LogP contribution in [0, 0.1) is 0 Å². The molecule has 0 aliphatic carbocycles. The normalized spacial score (nSPS) is 11.8. The fourth-order valence-corrected chi connectivity index (χ4v) is 3.60. The molecule has 2 aromatic rings. The highest BCUT2D eigenvalue weighted by atomic mass is 32.2. The molecule has 140 valence electrons. The molecule has 0 atom stereocenters. The monoisotopic (exact) mass is 375 g/mol. The molecule has 0 aliphatic heterocycles. The van der Waals surface area contributed by atoms with E-state index in [4.69, 9.17) is 0 Å². The van der Waals surface area contributed by atoms with E-state index in [1.165, 1.54) is 16.8 Å². The summed E-state index contributed by atoms with van der Waals surface area (Å²) in [6, 6.07) is 10.8. The maximum atomic E-state index is 12.4. The number of carbonyl (C=O) groups is 1. The molecule has 0 unspecified atom stereocenters. The molecule has 0 radical (unpaired) electrons. The van der Waals surface area contributed by atoms with Crippen molar-refractivity contribution in [2.45, 2.75) is 26.2 Å². The van der Waals surface area contributed by atoms with E-state index in [1.54, 1.807) is 24.4 Å². The van der Waals surface area contributed by atoms with Crippen LogP contribution in [0.2, 0.25) is 0 Å². The first-order valence-electron chi connectivity index (χ1n) is 8.36. The van der Waals surface area contributed by atoms with Crippen molar-refractivity contribution < 1.29 is 13.2 Å². The Balaban J connectivity index is 2.19. The van der Waals surface area contributed by atoms with E-state index in [9.17, 15) is 13.2 Å². The average molecular weight is 375 g/mol. The molecule has 0 fully saturated rings. The van der Waals surface area contributed by atoms with Crippen molar-refractivity contribution in [3.63, 3.8) is 0 Å². The van der Waals surface area contributed by atoms with Gasteiger partial charge in [-0.3, -0.25) is 14.1 Å². The average Bonchev–Trinajstić information content (AvgIpc) is 2.57. The van der Waals surface area contributed by atoms with Gasteiger partial charge in [-0.25, -0.2) is 8.42 Å². The quantitative estimate of drug-likeness (QED) is 0.842. The molecule has 1 aromatic heterocycles. The van der Waals surface area contributed by atoms with E-state index in [-0.39, 0.29) is 24.4 Å². The standard InChI is InChI=1S/C19H25N3O3S/c1-19(2,3)16-9-5-6-10-17(16)22(26(4,24)25)13-12-21-18(23)15-8-7-11-20-14-15/h5-11,14H,12-13H2,1-4H3,(H,21,23). The van der Waals surface area contributed by atoms with E-state index >= 15 is 0 Å². The third kappa shape index (κ3) is 5.05. The minimum Gasteiger partial charge on any atom is -0.350 e. The SMILES string of the molecule is CC(C)(C)c1ccccc1N(CCNC(=O)c1cccnc1)S(C)(=O)=O. The van der Waals surface area contributed by atoms with E-state index in [1.807, 2.05) is 39.0 Å². The lowest BCUT2D eigenvalue weighted by molar-refractivity contribution is 0.0954. The number of para-hydroxylation sites is 1. The summed E-state index contributed by atoms with van der Waals surface area (Å²) in [5.74, 6) is -0.282. The van der Waals surface area contributed by atoms with E-state index in [0.717, 1.165) is 5.56 Å². The number of benzene rings is 1. The number of sulfonamides is 1. The first kappa shape index (κ1) is 19.9. The fraction of sp³-hybridized carbons (Fsp3) is 0.368.